The normalized spacial score (nSPS) is 9.47. The first-order chi connectivity index (χ1) is 9.06. The van der Waals surface area contributed by atoms with E-state index in [0.717, 1.165) is 0 Å². The van der Waals surface area contributed by atoms with Crippen molar-refractivity contribution in [3.8, 4) is 11.8 Å². The zero-order chi connectivity index (χ0) is 14.3. The molecule has 0 bridgehead atoms. The molecule has 2 N–H and O–H groups in total. The highest BCUT2D eigenvalue weighted by Crippen LogP contribution is 2.06. The molecule has 100 valence electrons. The van der Waals surface area contributed by atoms with Gasteiger partial charge in [-0.3, -0.25) is 9.59 Å². The lowest BCUT2D eigenvalue weighted by molar-refractivity contribution is -0.123. The average Bonchev–Trinajstić information content (AvgIpc) is 2.42. The molecular weight excluding hydrogens is 240 g/mol. The van der Waals surface area contributed by atoms with Gasteiger partial charge in [-0.05, 0) is 12.1 Å². The summed E-state index contributed by atoms with van der Waals surface area (Å²) in [5.74, 6) is 5.48. The fourth-order valence-corrected chi connectivity index (χ4v) is 1.40. The Labute approximate surface area is 113 Å². The first-order valence-corrected chi connectivity index (χ1v) is 6.14. The van der Waals surface area contributed by atoms with E-state index >= 15 is 0 Å². The predicted octanol–water partition coefficient (Wildman–Crippen LogP) is 1.17. The van der Waals surface area contributed by atoms with Crippen LogP contribution < -0.4 is 10.6 Å². The third kappa shape index (κ3) is 4.47. The van der Waals surface area contributed by atoms with Crippen LogP contribution in [0.25, 0.3) is 0 Å². The quantitative estimate of drug-likeness (QED) is 0.800. The third-order valence-electron chi connectivity index (χ3n) is 2.50. The first-order valence-electron chi connectivity index (χ1n) is 6.14. The minimum Gasteiger partial charge on any atom is -0.355 e. The highest BCUT2D eigenvalue weighted by molar-refractivity contribution is 5.96. The van der Waals surface area contributed by atoms with E-state index in [2.05, 4.69) is 22.5 Å². The topological polar surface area (TPSA) is 58.2 Å². The van der Waals surface area contributed by atoms with Gasteiger partial charge in [0.1, 0.15) is 0 Å². The second kappa shape index (κ2) is 7.22. The zero-order valence-corrected chi connectivity index (χ0v) is 11.4. The number of benzene rings is 1. The smallest absolute Gasteiger partial charge is 0.252 e. The van der Waals surface area contributed by atoms with Crippen molar-refractivity contribution in [1.82, 2.24) is 10.6 Å². The molecule has 0 atom stereocenters. The minimum atomic E-state index is -0.170. The Hall–Kier alpha value is -2.28. The van der Waals surface area contributed by atoms with Crippen LogP contribution >= 0.6 is 0 Å². The second-order valence-corrected chi connectivity index (χ2v) is 4.30. The molecule has 0 heterocycles. The van der Waals surface area contributed by atoms with Gasteiger partial charge in [-0.1, -0.05) is 37.8 Å². The fourth-order valence-electron chi connectivity index (χ4n) is 1.40. The molecule has 0 aliphatic rings. The van der Waals surface area contributed by atoms with Crippen LogP contribution in [0.5, 0.6) is 0 Å². The SMILES string of the molecule is CNC(=O)c1ccccc1C#CCNC(=O)C(C)C. The summed E-state index contributed by atoms with van der Waals surface area (Å²) in [6, 6.07) is 7.11. The number of hydrogen-bond acceptors (Lipinski definition) is 2. The second-order valence-electron chi connectivity index (χ2n) is 4.30. The molecule has 0 aliphatic carbocycles. The molecule has 4 nitrogen and oxygen atoms in total. The van der Waals surface area contributed by atoms with Gasteiger partial charge in [0.15, 0.2) is 0 Å². The fraction of sp³-hybridized carbons (Fsp3) is 0.333. The van der Waals surface area contributed by atoms with E-state index < -0.39 is 0 Å². The summed E-state index contributed by atoms with van der Waals surface area (Å²) in [4.78, 5) is 22.9. The number of carbonyl (C=O) groups excluding carboxylic acids is 2. The van der Waals surface area contributed by atoms with Crippen LogP contribution in [0.2, 0.25) is 0 Å². The van der Waals surface area contributed by atoms with Crippen molar-refractivity contribution in [3.63, 3.8) is 0 Å². The van der Waals surface area contributed by atoms with Gasteiger partial charge >= 0.3 is 0 Å². The Morgan fingerprint density at radius 1 is 1.26 bits per heavy atom. The number of rotatable bonds is 3. The minimum absolute atomic E-state index is 0.0334. The standard InChI is InChI=1S/C15H18N2O2/c1-11(2)14(18)17-10-6-8-12-7-4-5-9-13(12)15(19)16-3/h4-5,7,9,11H,10H2,1-3H3,(H,16,19)(H,17,18). The lowest BCUT2D eigenvalue weighted by Gasteiger charge is -2.03. The monoisotopic (exact) mass is 258 g/mol. The van der Waals surface area contributed by atoms with Crippen molar-refractivity contribution in [3.05, 3.63) is 35.4 Å². The number of carbonyl (C=O) groups is 2. The molecule has 1 rings (SSSR count). The van der Waals surface area contributed by atoms with Crippen molar-refractivity contribution >= 4 is 11.8 Å². The predicted molar refractivity (Wildman–Crippen MR) is 74.6 cm³/mol. The molecule has 1 aromatic carbocycles. The van der Waals surface area contributed by atoms with E-state index in [9.17, 15) is 9.59 Å². The highest BCUT2D eigenvalue weighted by Gasteiger charge is 2.07. The van der Waals surface area contributed by atoms with E-state index in [1.165, 1.54) is 0 Å². The van der Waals surface area contributed by atoms with Crippen molar-refractivity contribution in [2.24, 2.45) is 5.92 Å². The molecule has 4 heteroatoms. The molecule has 2 amide bonds. The molecule has 0 spiro atoms. The summed E-state index contributed by atoms with van der Waals surface area (Å²) >= 11 is 0. The van der Waals surface area contributed by atoms with Crippen LogP contribution in [0, 0.1) is 17.8 Å². The summed E-state index contributed by atoms with van der Waals surface area (Å²) in [6.07, 6.45) is 0. The van der Waals surface area contributed by atoms with E-state index in [4.69, 9.17) is 0 Å². The summed E-state index contributed by atoms with van der Waals surface area (Å²) in [5, 5.41) is 5.27. The molecule has 1 aromatic rings. The van der Waals surface area contributed by atoms with Crippen LogP contribution in [0.3, 0.4) is 0 Å². The van der Waals surface area contributed by atoms with Crippen LogP contribution in [-0.2, 0) is 4.79 Å². The van der Waals surface area contributed by atoms with Gasteiger partial charge in [-0.2, -0.15) is 0 Å². The largest absolute Gasteiger partial charge is 0.355 e. The van der Waals surface area contributed by atoms with Gasteiger partial charge in [0, 0.05) is 18.5 Å². The van der Waals surface area contributed by atoms with Crippen LogP contribution in [-0.4, -0.2) is 25.4 Å². The molecule has 0 unspecified atom stereocenters. The molecule has 0 aliphatic heterocycles. The van der Waals surface area contributed by atoms with E-state index in [1.807, 2.05) is 19.9 Å². The lowest BCUT2D eigenvalue weighted by atomic mass is 10.1. The Morgan fingerprint density at radius 2 is 1.95 bits per heavy atom. The van der Waals surface area contributed by atoms with Gasteiger partial charge in [-0.15, -0.1) is 0 Å². The summed E-state index contributed by atoms with van der Waals surface area (Å²) < 4.78 is 0. The van der Waals surface area contributed by atoms with Crippen molar-refractivity contribution in [2.75, 3.05) is 13.6 Å². The summed E-state index contributed by atoms with van der Waals surface area (Å²) in [7, 11) is 1.58. The number of nitrogens with one attached hydrogen (secondary N) is 2. The van der Waals surface area contributed by atoms with Crippen LogP contribution in [0.15, 0.2) is 24.3 Å². The zero-order valence-electron chi connectivity index (χ0n) is 11.4. The van der Waals surface area contributed by atoms with Gasteiger partial charge in [0.25, 0.3) is 5.91 Å². The Balaban J connectivity index is 2.73. The van der Waals surface area contributed by atoms with Gasteiger partial charge < -0.3 is 10.6 Å². The summed E-state index contributed by atoms with van der Waals surface area (Å²) in [5.41, 5.74) is 1.19. The molecule has 0 saturated carbocycles. The summed E-state index contributed by atoms with van der Waals surface area (Å²) in [6.45, 7) is 3.92. The maximum atomic E-state index is 11.6. The molecule has 0 saturated heterocycles. The first kappa shape index (κ1) is 14.8. The highest BCUT2D eigenvalue weighted by atomic mass is 16.2. The van der Waals surface area contributed by atoms with Gasteiger partial charge in [0.05, 0.1) is 12.1 Å². The Kier molecular flexibility index (Phi) is 5.62. The van der Waals surface area contributed by atoms with E-state index in [0.29, 0.717) is 11.1 Å². The van der Waals surface area contributed by atoms with E-state index in [1.54, 1.807) is 25.2 Å². The average molecular weight is 258 g/mol. The van der Waals surface area contributed by atoms with Gasteiger partial charge in [0.2, 0.25) is 5.91 Å². The lowest BCUT2D eigenvalue weighted by Crippen LogP contribution is -2.27. The molecular formula is C15H18N2O2. The Morgan fingerprint density at radius 3 is 2.58 bits per heavy atom. The van der Waals surface area contributed by atoms with Crippen molar-refractivity contribution < 1.29 is 9.59 Å². The van der Waals surface area contributed by atoms with E-state index in [-0.39, 0.29) is 24.3 Å². The van der Waals surface area contributed by atoms with Gasteiger partial charge in [-0.25, -0.2) is 0 Å². The van der Waals surface area contributed by atoms with Crippen molar-refractivity contribution in [1.29, 1.82) is 0 Å². The molecule has 0 radical (unpaired) electrons. The van der Waals surface area contributed by atoms with Crippen molar-refractivity contribution in [2.45, 2.75) is 13.8 Å². The molecule has 0 fully saturated rings. The van der Waals surface area contributed by atoms with Crippen LogP contribution in [0.1, 0.15) is 29.8 Å². The Bertz CT molecular complexity index is 524. The third-order valence-corrected chi connectivity index (χ3v) is 2.50. The number of hydrogen-bond donors (Lipinski definition) is 2. The molecule has 0 aromatic heterocycles. The van der Waals surface area contributed by atoms with Crippen LogP contribution in [0.4, 0.5) is 0 Å². The maximum absolute atomic E-state index is 11.6. The number of amides is 2. The maximum Gasteiger partial charge on any atom is 0.252 e. The molecule has 19 heavy (non-hydrogen) atoms.